The van der Waals surface area contributed by atoms with Crippen molar-refractivity contribution in [2.45, 2.75) is 13.0 Å². The molecule has 0 bridgehead atoms. The third-order valence-electron chi connectivity index (χ3n) is 5.86. The van der Waals surface area contributed by atoms with Gasteiger partial charge in [0.05, 0.1) is 28.4 Å². The minimum absolute atomic E-state index is 0.213. The molecular weight excluding hydrogens is 510 g/mol. The van der Waals surface area contributed by atoms with E-state index in [2.05, 4.69) is 5.32 Å². The van der Waals surface area contributed by atoms with Crippen LogP contribution in [0, 0.1) is 0 Å². The van der Waals surface area contributed by atoms with Gasteiger partial charge in [-0.25, -0.2) is 0 Å². The third-order valence-corrected chi connectivity index (χ3v) is 6.23. The molecule has 3 aromatic carbocycles. The molecule has 10 heteroatoms. The van der Waals surface area contributed by atoms with E-state index in [1.807, 2.05) is 0 Å². The second-order valence-electron chi connectivity index (χ2n) is 8.27. The summed E-state index contributed by atoms with van der Waals surface area (Å²) >= 11 is 6.50. The van der Waals surface area contributed by atoms with Crippen molar-refractivity contribution in [2.24, 2.45) is 5.73 Å². The zero-order valence-corrected chi connectivity index (χ0v) is 22.6. The van der Waals surface area contributed by atoms with Gasteiger partial charge in [0.2, 0.25) is 0 Å². The van der Waals surface area contributed by atoms with Crippen LogP contribution in [0.1, 0.15) is 32.7 Å². The average Bonchev–Trinajstić information content (AvgIpc) is 2.95. The Labute approximate surface area is 227 Å². The highest BCUT2D eigenvalue weighted by Gasteiger charge is 2.20. The van der Waals surface area contributed by atoms with Gasteiger partial charge in [-0.15, -0.1) is 0 Å². The molecule has 0 radical (unpaired) electrons. The zero-order chi connectivity index (χ0) is 27.7. The number of hydrogen-bond acceptors (Lipinski definition) is 7. The van der Waals surface area contributed by atoms with Gasteiger partial charge in [-0.2, -0.15) is 0 Å². The lowest BCUT2D eigenvalue weighted by Crippen LogP contribution is -2.32. The minimum atomic E-state index is -0.333. The van der Waals surface area contributed by atoms with E-state index in [0.717, 1.165) is 0 Å². The Balaban J connectivity index is 1.84. The Morgan fingerprint density at radius 1 is 0.816 bits per heavy atom. The van der Waals surface area contributed by atoms with Crippen molar-refractivity contribution in [1.29, 1.82) is 0 Å². The maximum absolute atomic E-state index is 13.4. The number of ether oxygens (including phenoxy) is 4. The fraction of sp³-hybridized carbons (Fsp3) is 0.286. The molecule has 9 nitrogen and oxygen atoms in total. The molecule has 3 rings (SSSR count). The van der Waals surface area contributed by atoms with Crippen molar-refractivity contribution in [3.63, 3.8) is 0 Å². The number of benzene rings is 3. The van der Waals surface area contributed by atoms with Crippen LogP contribution in [0.15, 0.2) is 54.6 Å². The number of nitrogens with zero attached hydrogens (tertiary/aromatic N) is 1. The van der Waals surface area contributed by atoms with Gasteiger partial charge in [-0.3, -0.25) is 9.59 Å². The molecule has 0 heterocycles. The number of nitrogens with one attached hydrogen (secondary N) is 1. The topological polar surface area (TPSA) is 112 Å². The Morgan fingerprint density at radius 3 is 1.97 bits per heavy atom. The molecule has 0 aliphatic carbocycles. The van der Waals surface area contributed by atoms with E-state index in [9.17, 15) is 9.59 Å². The Morgan fingerprint density at radius 2 is 1.39 bits per heavy atom. The van der Waals surface area contributed by atoms with Gasteiger partial charge < -0.3 is 34.9 Å². The first kappa shape index (κ1) is 28.6. The smallest absolute Gasteiger partial charge is 0.255 e. The van der Waals surface area contributed by atoms with Gasteiger partial charge in [-0.05, 0) is 73.1 Å². The van der Waals surface area contributed by atoms with Gasteiger partial charge in [0, 0.05) is 34.9 Å². The van der Waals surface area contributed by atoms with Crippen molar-refractivity contribution >= 4 is 29.1 Å². The van der Waals surface area contributed by atoms with Crippen LogP contribution in [0.2, 0.25) is 5.02 Å². The Hall–Kier alpha value is -3.95. The highest BCUT2D eigenvalue weighted by atomic mass is 35.5. The Kier molecular flexibility index (Phi) is 10.2. The first-order valence-corrected chi connectivity index (χ1v) is 12.3. The fourth-order valence-corrected chi connectivity index (χ4v) is 4.02. The predicted molar refractivity (Wildman–Crippen MR) is 147 cm³/mol. The number of hydrogen-bond donors (Lipinski definition) is 2. The van der Waals surface area contributed by atoms with Crippen LogP contribution in [0.3, 0.4) is 0 Å². The number of methoxy groups -OCH3 is 4. The summed E-state index contributed by atoms with van der Waals surface area (Å²) in [6.45, 7) is 1.05. The molecule has 3 N–H and O–H groups in total. The van der Waals surface area contributed by atoms with Gasteiger partial charge in [-0.1, -0.05) is 11.6 Å². The maximum atomic E-state index is 13.4. The molecule has 0 aromatic heterocycles. The number of nitrogens with two attached hydrogens (primary N) is 1. The largest absolute Gasteiger partial charge is 0.493 e. The van der Waals surface area contributed by atoms with Crippen LogP contribution >= 0.6 is 11.6 Å². The lowest BCUT2D eigenvalue weighted by Gasteiger charge is -2.24. The molecule has 0 saturated heterocycles. The van der Waals surface area contributed by atoms with Crippen LogP contribution in [0.5, 0.6) is 23.0 Å². The van der Waals surface area contributed by atoms with E-state index < -0.39 is 0 Å². The van der Waals surface area contributed by atoms with Crippen LogP contribution in [0.4, 0.5) is 5.69 Å². The lowest BCUT2D eigenvalue weighted by atomic mass is 10.1. The zero-order valence-electron chi connectivity index (χ0n) is 21.9. The van der Waals surface area contributed by atoms with Crippen molar-refractivity contribution in [1.82, 2.24) is 4.90 Å². The van der Waals surface area contributed by atoms with Crippen molar-refractivity contribution in [3.8, 4) is 23.0 Å². The van der Waals surface area contributed by atoms with Gasteiger partial charge >= 0.3 is 0 Å². The third kappa shape index (κ3) is 6.87. The van der Waals surface area contributed by atoms with Crippen LogP contribution in [-0.4, -0.2) is 58.2 Å². The van der Waals surface area contributed by atoms with E-state index in [1.54, 1.807) is 59.5 Å². The summed E-state index contributed by atoms with van der Waals surface area (Å²) in [6.07, 6.45) is 0.604. The molecule has 0 fully saturated rings. The molecule has 0 aliphatic heterocycles. The summed E-state index contributed by atoms with van der Waals surface area (Å²) in [5.41, 5.74) is 7.76. The summed E-state index contributed by atoms with van der Waals surface area (Å²) in [4.78, 5) is 28.0. The number of halogens is 1. The summed E-state index contributed by atoms with van der Waals surface area (Å²) in [7, 11) is 6.08. The normalized spacial score (nSPS) is 10.5. The number of rotatable bonds is 12. The van der Waals surface area contributed by atoms with Crippen LogP contribution in [0.25, 0.3) is 0 Å². The monoisotopic (exact) mass is 541 g/mol. The molecule has 0 saturated carbocycles. The van der Waals surface area contributed by atoms with E-state index in [0.29, 0.717) is 69.9 Å². The number of anilines is 1. The first-order chi connectivity index (χ1) is 18.3. The van der Waals surface area contributed by atoms with Crippen molar-refractivity contribution in [2.75, 3.05) is 46.8 Å². The molecule has 38 heavy (non-hydrogen) atoms. The predicted octanol–water partition coefficient (Wildman–Crippen LogP) is 4.62. The molecule has 3 aromatic rings. The summed E-state index contributed by atoms with van der Waals surface area (Å²) < 4.78 is 21.2. The first-order valence-electron chi connectivity index (χ1n) is 11.9. The number of carbonyl (C=O) groups is 2. The SMILES string of the molecule is COc1ccc(C(=O)Nc2ccc(Cl)c(CN(CCCN)C(=O)c3ccc(OC)c(OC)c3)c2)cc1OC. The fourth-order valence-electron chi connectivity index (χ4n) is 3.85. The maximum Gasteiger partial charge on any atom is 0.255 e. The minimum Gasteiger partial charge on any atom is -0.493 e. The Bertz CT molecular complexity index is 1280. The van der Waals surface area contributed by atoms with Gasteiger partial charge in [0.15, 0.2) is 23.0 Å². The van der Waals surface area contributed by atoms with E-state index in [1.165, 1.54) is 28.4 Å². The molecular formula is C28H32ClN3O6. The molecule has 0 unspecified atom stereocenters. The molecule has 0 aliphatic rings. The molecule has 2 amide bonds. The lowest BCUT2D eigenvalue weighted by molar-refractivity contribution is 0.0741. The van der Waals surface area contributed by atoms with E-state index in [4.69, 9.17) is 36.3 Å². The number of carbonyl (C=O) groups excluding carboxylic acids is 2. The second-order valence-corrected chi connectivity index (χ2v) is 8.68. The second kappa shape index (κ2) is 13.6. The van der Waals surface area contributed by atoms with Crippen LogP contribution in [-0.2, 0) is 6.54 Å². The van der Waals surface area contributed by atoms with Gasteiger partial charge in [0.25, 0.3) is 11.8 Å². The standard InChI is InChI=1S/C28H32ClN3O6/c1-35-23-10-6-18(15-25(23)37-3)27(33)31-21-8-9-22(29)20(14-21)17-32(13-5-12-30)28(34)19-7-11-24(36-2)26(16-19)38-4/h6-11,14-16H,5,12-13,17,30H2,1-4H3,(H,31,33). The summed E-state index contributed by atoms with van der Waals surface area (Å²) in [6, 6.07) is 15.0. The van der Waals surface area contributed by atoms with Crippen molar-refractivity contribution < 1.29 is 28.5 Å². The van der Waals surface area contributed by atoms with Gasteiger partial charge in [0.1, 0.15) is 0 Å². The molecule has 0 atom stereocenters. The van der Waals surface area contributed by atoms with E-state index >= 15 is 0 Å². The quantitative estimate of drug-likeness (QED) is 0.344. The van der Waals surface area contributed by atoms with Crippen LogP contribution < -0.4 is 30.0 Å². The average molecular weight is 542 g/mol. The molecule has 0 spiro atoms. The summed E-state index contributed by atoms with van der Waals surface area (Å²) in [5.74, 6) is 1.40. The molecule has 202 valence electrons. The van der Waals surface area contributed by atoms with Crippen molar-refractivity contribution in [3.05, 3.63) is 76.3 Å². The number of amides is 2. The highest BCUT2D eigenvalue weighted by Crippen LogP contribution is 2.30. The summed E-state index contributed by atoms with van der Waals surface area (Å²) in [5, 5.41) is 3.34. The van der Waals surface area contributed by atoms with E-state index in [-0.39, 0.29) is 18.4 Å². The highest BCUT2D eigenvalue weighted by molar-refractivity contribution is 6.31.